The fraction of sp³-hybridized carbons (Fsp3) is 0.625. The van der Waals surface area contributed by atoms with Crippen LogP contribution in [-0.2, 0) is 4.74 Å². The highest BCUT2D eigenvalue weighted by molar-refractivity contribution is 7.99. The van der Waals surface area contributed by atoms with Crippen molar-refractivity contribution in [3.63, 3.8) is 0 Å². The molecule has 3 unspecified atom stereocenters. The lowest BCUT2D eigenvalue weighted by molar-refractivity contribution is -0.0960. The van der Waals surface area contributed by atoms with Gasteiger partial charge in [0.1, 0.15) is 17.7 Å². The summed E-state index contributed by atoms with van der Waals surface area (Å²) in [7, 11) is 0. The van der Waals surface area contributed by atoms with Gasteiger partial charge in [-0.15, -0.1) is 0 Å². The number of hydrogen-bond acceptors (Lipinski definition) is 4. The number of nitrogens with two attached hydrogens (primary N) is 1. The van der Waals surface area contributed by atoms with Gasteiger partial charge in [0.2, 0.25) is 0 Å². The molecule has 3 nitrogen and oxygen atoms in total. The lowest BCUT2D eigenvalue weighted by Gasteiger charge is -2.38. The van der Waals surface area contributed by atoms with E-state index in [4.69, 9.17) is 15.2 Å². The smallest absolute Gasteiger partial charge is 0.124 e. The molecule has 0 saturated carbocycles. The van der Waals surface area contributed by atoms with Crippen LogP contribution in [0.4, 0.5) is 4.39 Å². The summed E-state index contributed by atoms with van der Waals surface area (Å²) in [5.74, 6) is 2.65. The van der Waals surface area contributed by atoms with Gasteiger partial charge in [0, 0.05) is 30.2 Å². The molecular weight excluding hydrogens is 289 g/mol. The van der Waals surface area contributed by atoms with Crippen molar-refractivity contribution >= 4 is 11.8 Å². The summed E-state index contributed by atoms with van der Waals surface area (Å²) < 4.78 is 25.6. The maximum Gasteiger partial charge on any atom is 0.124 e. The summed E-state index contributed by atoms with van der Waals surface area (Å²) >= 11 is 1.95. The average Bonchev–Trinajstić information content (AvgIpc) is 2.88. The zero-order chi connectivity index (χ0) is 14.9. The maximum atomic E-state index is 13.4. The highest BCUT2D eigenvalue weighted by atomic mass is 32.2. The second kappa shape index (κ2) is 6.15. The molecule has 0 bridgehead atoms. The maximum absolute atomic E-state index is 13.4. The quantitative estimate of drug-likeness (QED) is 0.930. The van der Waals surface area contributed by atoms with Gasteiger partial charge in [0.15, 0.2) is 0 Å². The molecule has 21 heavy (non-hydrogen) atoms. The van der Waals surface area contributed by atoms with Gasteiger partial charge in [-0.05, 0) is 37.3 Å². The molecule has 0 radical (unpaired) electrons. The lowest BCUT2D eigenvalue weighted by atomic mass is 9.91. The first-order valence-electron chi connectivity index (χ1n) is 7.51. The average molecular weight is 311 g/mol. The number of halogens is 1. The molecule has 1 spiro atoms. The fourth-order valence-electron chi connectivity index (χ4n) is 3.11. The molecule has 116 valence electrons. The third-order valence-electron chi connectivity index (χ3n) is 4.27. The van der Waals surface area contributed by atoms with Gasteiger partial charge < -0.3 is 15.2 Å². The molecule has 1 aromatic rings. The van der Waals surface area contributed by atoms with Gasteiger partial charge in [0.25, 0.3) is 0 Å². The number of hydrogen-bond donors (Lipinski definition) is 1. The predicted molar refractivity (Wildman–Crippen MR) is 83.3 cm³/mol. The normalized spacial score (nSPS) is 30.5. The summed E-state index contributed by atoms with van der Waals surface area (Å²) in [5, 5.41) is 0. The minimum Gasteiger partial charge on any atom is -0.490 e. The fourth-order valence-corrected chi connectivity index (χ4v) is 4.49. The number of benzene rings is 1. The first-order chi connectivity index (χ1) is 10.1. The Balaban J connectivity index is 1.74. The van der Waals surface area contributed by atoms with Crippen LogP contribution in [0.5, 0.6) is 5.75 Å². The van der Waals surface area contributed by atoms with Crippen molar-refractivity contribution in [3.05, 3.63) is 29.6 Å². The van der Waals surface area contributed by atoms with Crippen LogP contribution in [0.3, 0.4) is 0 Å². The summed E-state index contributed by atoms with van der Waals surface area (Å²) in [4.78, 5) is 0. The van der Waals surface area contributed by atoms with Crippen LogP contribution in [0.2, 0.25) is 0 Å². The monoisotopic (exact) mass is 311 g/mol. The van der Waals surface area contributed by atoms with Crippen LogP contribution >= 0.6 is 11.8 Å². The van der Waals surface area contributed by atoms with E-state index in [2.05, 4.69) is 0 Å². The molecule has 0 aromatic heterocycles. The SMILES string of the molecule is CC(N)c1cc(F)ccc1OC1CCOC2(CCSC2)C1. The summed E-state index contributed by atoms with van der Waals surface area (Å²) in [6, 6.07) is 4.36. The molecule has 2 aliphatic rings. The molecule has 0 aliphatic carbocycles. The van der Waals surface area contributed by atoms with E-state index in [-0.39, 0.29) is 23.6 Å². The van der Waals surface area contributed by atoms with Crippen LogP contribution in [0.1, 0.15) is 37.8 Å². The number of ether oxygens (including phenoxy) is 2. The Hall–Kier alpha value is -0.780. The van der Waals surface area contributed by atoms with Crippen molar-refractivity contribution < 1.29 is 13.9 Å². The van der Waals surface area contributed by atoms with E-state index < -0.39 is 0 Å². The largest absolute Gasteiger partial charge is 0.490 e. The third kappa shape index (κ3) is 3.35. The predicted octanol–water partition coefficient (Wildman–Crippen LogP) is 3.28. The van der Waals surface area contributed by atoms with Crippen molar-refractivity contribution in [2.75, 3.05) is 18.1 Å². The second-order valence-corrected chi connectivity index (χ2v) is 7.14. The van der Waals surface area contributed by atoms with E-state index in [0.29, 0.717) is 5.75 Å². The molecule has 0 amide bonds. The molecule has 1 aromatic carbocycles. The van der Waals surface area contributed by atoms with Gasteiger partial charge in [-0.2, -0.15) is 11.8 Å². The Kier molecular flexibility index (Phi) is 4.43. The Morgan fingerprint density at radius 2 is 2.38 bits per heavy atom. The van der Waals surface area contributed by atoms with Gasteiger partial charge >= 0.3 is 0 Å². The Morgan fingerprint density at radius 1 is 1.52 bits per heavy atom. The van der Waals surface area contributed by atoms with E-state index in [1.54, 1.807) is 6.07 Å². The number of rotatable bonds is 3. The molecule has 3 rings (SSSR count). The minimum atomic E-state index is -0.273. The van der Waals surface area contributed by atoms with E-state index in [9.17, 15) is 4.39 Å². The zero-order valence-electron chi connectivity index (χ0n) is 12.3. The second-order valence-electron chi connectivity index (χ2n) is 6.04. The zero-order valence-corrected chi connectivity index (χ0v) is 13.1. The van der Waals surface area contributed by atoms with E-state index in [1.807, 2.05) is 18.7 Å². The van der Waals surface area contributed by atoms with Gasteiger partial charge in [0.05, 0.1) is 12.2 Å². The molecule has 2 heterocycles. The van der Waals surface area contributed by atoms with Crippen LogP contribution < -0.4 is 10.5 Å². The molecule has 2 N–H and O–H groups in total. The lowest BCUT2D eigenvalue weighted by Crippen LogP contribution is -2.44. The molecule has 5 heteroatoms. The van der Waals surface area contributed by atoms with Crippen LogP contribution in [0, 0.1) is 5.82 Å². The summed E-state index contributed by atoms with van der Waals surface area (Å²) in [5.41, 5.74) is 6.65. The van der Waals surface area contributed by atoms with Crippen molar-refractivity contribution in [2.24, 2.45) is 5.73 Å². The van der Waals surface area contributed by atoms with Crippen LogP contribution in [0.15, 0.2) is 18.2 Å². The van der Waals surface area contributed by atoms with Crippen LogP contribution in [-0.4, -0.2) is 29.8 Å². The Labute approximate surface area is 129 Å². The van der Waals surface area contributed by atoms with Gasteiger partial charge in [-0.1, -0.05) is 0 Å². The van der Waals surface area contributed by atoms with Crippen molar-refractivity contribution in [1.82, 2.24) is 0 Å². The Morgan fingerprint density at radius 3 is 3.10 bits per heavy atom. The topological polar surface area (TPSA) is 44.5 Å². The van der Waals surface area contributed by atoms with Gasteiger partial charge in [-0.25, -0.2) is 4.39 Å². The van der Waals surface area contributed by atoms with Crippen LogP contribution in [0.25, 0.3) is 0 Å². The Bertz CT molecular complexity index is 503. The van der Waals surface area contributed by atoms with Gasteiger partial charge in [-0.3, -0.25) is 0 Å². The molecule has 3 atom stereocenters. The first-order valence-corrected chi connectivity index (χ1v) is 8.67. The molecule has 2 saturated heterocycles. The standard InChI is InChI=1S/C16H22FNO2S/c1-11(18)14-8-12(17)2-3-15(14)20-13-4-6-19-16(9-13)5-7-21-10-16/h2-3,8,11,13H,4-7,9-10,18H2,1H3. The highest BCUT2D eigenvalue weighted by Crippen LogP contribution is 2.39. The summed E-state index contributed by atoms with van der Waals surface area (Å²) in [6.07, 6.45) is 3.01. The highest BCUT2D eigenvalue weighted by Gasteiger charge is 2.41. The van der Waals surface area contributed by atoms with Crippen molar-refractivity contribution in [2.45, 2.75) is 43.9 Å². The number of thioether (sulfide) groups is 1. The van der Waals surface area contributed by atoms with Crippen molar-refractivity contribution in [3.8, 4) is 5.75 Å². The molecular formula is C16H22FNO2S. The van der Waals surface area contributed by atoms with E-state index in [1.165, 1.54) is 12.1 Å². The summed E-state index contributed by atoms with van der Waals surface area (Å²) in [6.45, 7) is 2.58. The van der Waals surface area contributed by atoms with Crippen molar-refractivity contribution in [1.29, 1.82) is 0 Å². The molecule has 2 aliphatic heterocycles. The minimum absolute atomic E-state index is 0.0118. The molecule has 2 fully saturated rings. The van der Waals surface area contributed by atoms with E-state index in [0.717, 1.165) is 42.9 Å². The first kappa shape index (κ1) is 15.1. The third-order valence-corrected chi connectivity index (χ3v) is 5.49. The van der Waals surface area contributed by atoms with E-state index >= 15 is 0 Å².